The van der Waals surface area contributed by atoms with Crippen molar-refractivity contribution in [2.75, 3.05) is 0 Å². The van der Waals surface area contributed by atoms with E-state index in [1.807, 2.05) is 6.92 Å². The first-order chi connectivity index (χ1) is 17.3. The van der Waals surface area contributed by atoms with Crippen LogP contribution >= 0.6 is 0 Å². The minimum Gasteiger partial charge on any atom is -0.399 e. The molecule has 11 heteroatoms. The lowest BCUT2D eigenvalue weighted by Gasteiger charge is -2.14. The van der Waals surface area contributed by atoms with E-state index >= 15 is 0 Å². The Morgan fingerprint density at radius 2 is 1.62 bits per heavy atom. The van der Waals surface area contributed by atoms with Crippen LogP contribution in [0.5, 0.6) is 0 Å². The van der Waals surface area contributed by atoms with Gasteiger partial charge in [-0.2, -0.15) is 26.3 Å². The van der Waals surface area contributed by atoms with E-state index in [9.17, 15) is 31.1 Å². The van der Waals surface area contributed by atoms with Crippen LogP contribution in [0.2, 0.25) is 0 Å². The lowest BCUT2D eigenvalue weighted by Crippen LogP contribution is -2.40. The Bertz CT molecular complexity index is 1190. The van der Waals surface area contributed by atoms with Gasteiger partial charge in [0.15, 0.2) is 0 Å². The summed E-state index contributed by atoms with van der Waals surface area (Å²) >= 11 is 0. The molecule has 0 bridgehead atoms. The van der Waals surface area contributed by atoms with Crippen molar-refractivity contribution in [3.05, 3.63) is 106 Å². The number of allylic oxidation sites excluding steroid dienone is 5. The predicted molar refractivity (Wildman–Crippen MR) is 130 cm³/mol. The van der Waals surface area contributed by atoms with Crippen molar-refractivity contribution in [1.29, 1.82) is 0 Å². The van der Waals surface area contributed by atoms with Crippen LogP contribution in [0.15, 0.2) is 89.2 Å². The number of alkyl halides is 6. The second-order valence-electron chi connectivity index (χ2n) is 7.80. The smallest absolute Gasteiger partial charge is 0.399 e. The zero-order valence-corrected chi connectivity index (χ0v) is 20.0. The number of carbonyl (C=O) groups excluding carboxylic acids is 1. The Morgan fingerprint density at radius 3 is 2.22 bits per heavy atom. The number of guanidine groups is 1. The van der Waals surface area contributed by atoms with E-state index in [0.717, 1.165) is 36.8 Å². The number of nitrogens with one attached hydrogen (secondary N) is 2. The Hall–Kier alpha value is -4.02. The first kappa shape index (κ1) is 29.2. The van der Waals surface area contributed by atoms with Crippen molar-refractivity contribution in [3.8, 4) is 0 Å². The van der Waals surface area contributed by atoms with Crippen LogP contribution in [0.25, 0.3) is 0 Å². The number of amides is 1. The van der Waals surface area contributed by atoms with Crippen LogP contribution in [0.1, 0.15) is 47.3 Å². The molecule has 0 fully saturated rings. The molecule has 0 radical (unpaired) electrons. The van der Waals surface area contributed by atoms with Crippen LogP contribution in [0.4, 0.5) is 26.3 Å². The predicted octanol–water partition coefficient (Wildman–Crippen LogP) is 6.31. The lowest BCUT2D eigenvalue weighted by molar-refractivity contribution is -0.138. The van der Waals surface area contributed by atoms with Gasteiger partial charge < -0.3 is 11.1 Å². The number of carbonyl (C=O) groups is 1. The zero-order valence-electron chi connectivity index (χ0n) is 20.0. The molecule has 0 atom stereocenters. The van der Waals surface area contributed by atoms with Gasteiger partial charge in [0.2, 0.25) is 5.96 Å². The van der Waals surface area contributed by atoms with Crippen LogP contribution in [0, 0.1) is 0 Å². The summed E-state index contributed by atoms with van der Waals surface area (Å²) in [5.74, 6) is -0.997. The molecular weight excluding hydrogens is 498 g/mol. The SMILES string of the molecule is CC/C=C(N)/C=C\C=C(/C)NC(=NCc1ccccc1C(F)(F)F)NC(=O)c1ccc(C(F)(F)F)cc1. The molecule has 4 N–H and O–H groups in total. The molecule has 198 valence electrons. The molecule has 0 saturated heterocycles. The number of hydrogen-bond acceptors (Lipinski definition) is 3. The number of rotatable bonds is 7. The summed E-state index contributed by atoms with van der Waals surface area (Å²) < 4.78 is 78.5. The van der Waals surface area contributed by atoms with Crippen molar-refractivity contribution >= 4 is 11.9 Å². The molecule has 0 spiro atoms. The summed E-state index contributed by atoms with van der Waals surface area (Å²) in [6, 6.07) is 8.34. The Morgan fingerprint density at radius 1 is 0.973 bits per heavy atom. The van der Waals surface area contributed by atoms with Gasteiger partial charge in [0.05, 0.1) is 17.7 Å². The number of nitrogens with two attached hydrogens (primary N) is 1. The summed E-state index contributed by atoms with van der Waals surface area (Å²) in [6.45, 7) is 3.11. The Kier molecular flexibility index (Phi) is 10.1. The third-order valence-corrected chi connectivity index (χ3v) is 4.83. The highest BCUT2D eigenvalue weighted by atomic mass is 19.4. The molecule has 1 amide bonds. The van der Waals surface area contributed by atoms with E-state index in [0.29, 0.717) is 11.4 Å². The van der Waals surface area contributed by atoms with E-state index in [4.69, 9.17) is 5.73 Å². The topological polar surface area (TPSA) is 79.5 Å². The fourth-order valence-electron chi connectivity index (χ4n) is 3.04. The summed E-state index contributed by atoms with van der Waals surface area (Å²) in [5.41, 5.74) is 4.73. The highest BCUT2D eigenvalue weighted by Gasteiger charge is 2.33. The molecular formula is C26H26F6N4O. The number of benzene rings is 2. The third-order valence-electron chi connectivity index (χ3n) is 4.83. The largest absolute Gasteiger partial charge is 0.416 e. The maximum atomic E-state index is 13.3. The van der Waals surface area contributed by atoms with Gasteiger partial charge in [0.1, 0.15) is 0 Å². The fourth-order valence-corrected chi connectivity index (χ4v) is 3.04. The molecule has 0 saturated carbocycles. The number of nitrogens with zero attached hydrogens (tertiary/aromatic N) is 1. The number of halogens is 6. The van der Waals surface area contributed by atoms with E-state index in [1.165, 1.54) is 18.2 Å². The average molecular weight is 525 g/mol. The highest BCUT2D eigenvalue weighted by Crippen LogP contribution is 2.32. The average Bonchev–Trinajstić information content (AvgIpc) is 2.81. The Balaban J connectivity index is 2.32. The van der Waals surface area contributed by atoms with E-state index < -0.39 is 35.9 Å². The van der Waals surface area contributed by atoms with Crippen molar-refractivity contribution in [2.24, 2.45) is 10.7 Å². The van der Waals surface area contributed by atoms with Crippen molar-refractivity contribution < 1.29 is 31.1 Å². The molecule has 5 nitrogen and oxygen atoms in total. The van der Waals surface area contributed by atoms with Gasteiger partial charge in [0, 0.05) is 17.0 Å². The first-order valence-corrected chi connectivity index (χ1v) is 11.1. The maximum Gasteiger partial charge on any atom is 0.416 e. The molecule has 2 aromatic carbocycles. The minimum atomic E-state index is -4.60. The summed E-state index contributed by atoms with van der Waals surface area (Å²) in [4.78, 5) is 16.8. The van der Waals surface area contributed by atoms with Crippen molar-refractivity contribution in [2.45, 2.75) is 39.2 Å². The highest BCUT2D eigenvalue weighted by molar-refractivity contribution is 6.06. The standard InChI is InChI=1S/C26H26F6N4O/c1-3-7-21(33)10-6-8-17(2)35-24(34-16-19-9-4-5-11-22(19)26(30,31)32)36-23(37)18-12-14-20(15-13-18)25(27,28)29/h4-15H,3,16,33H2,1-2H3,(H2,34,35,36,37)/b10-6-,17-8+,21-7-. The zero-order chi connectivity index (χ0) is 27.6. The summed E-state index contributed by atoms with van der Waals surface area (Å²) in [7, 11) is 0. The molecule has 0 unspecified atom stereocenters. The summed E-state index contributed by atoms with van der Waals surface area (Å²) in [5, 5.41) is 5.20. The van der Waals surface area contributed by atoms with Gasteiger partial charge in [-0.15, -0.1) is 0 Å². The fraction of sp³-hybridized carbons (Fsp3) is 0.231. The van der Waals surface area contributed by atoms with Crippen molar-refractivity contribution in [3.63, 3.8) is 0 Å². The van der Waals surface area contributed by atoms with E-state index in [1.54, 1.807) is 31.2 Å². The molecule has 2 rings (SSSR count). The van der Waals surface area contributed by atoms with Gasteiger partial charge >= 0.3 is 12.4 Å². The monoisotopic (exact) mass is 524 g/mol. The molecule has 0 aromatic heterocycles. The molecule has 0 heterocycles. The van der Waals surface area contributed by atoms with Gasteiger partial charge in [0.25, 0.3) is 5.91 Å². The van der Waals surface area contributed by atoms with Crippen LogP contribution in [-0.4, -0.2) is 11.9 Å². The second-order valence-corrected chi connectivity index (χ2v) is 7.80. The van der Waals surface area contributed by atoms with Gasteiger partial charge in [-0.25, -0.2) is 4.99 Å². The van der Waals surface area contributed by atoms with Gasteiger partial charge in [-0.3, -0.25) is 10.1 Å². The molecule has 0 aliphatic heterocycles. The Labute approximate surface area is 210 Å². The molecule has 37 heavy (non-hydrogen) atoms. The molecule has 2 aromatic rings. The minimum absolute atomic E-state index is 0.0998. The second kappa shape index (κ2) is 12.8. The quantitative estimate of drug-likeness (QED) is 0.172. The van der Waals surface area contributed by atoms with Gasteiger partial charge in [-0.05, 0) is 61.4 Å². The van der Waals surface area contributed by atoms with Crippen LogP contribution in [0.3, 0.4) is 0 Å². The summed E-state index contributed by atoms with van der Waals surface area (Å²) in [6.07, 6.45) is -1.79. The van der Waals surface area contributed by atoms with Crippen molar-refractivity contribution in [1.82, 2.24) is 10.6 Å². The normalized spacial score (nSPS) is 13.7. The molecule has 0 aliphatic rings. The molecule has 0 aliphatic carbocycles. The number of hydrogen-bond donors (Lipinski definition) is 3. The van der Waals surface area contributed by atoms with Crippen LogP contribution < -0.4 is 16.4 Å². The lowest BCUT2D eigenvalue weighted by atomic mass is 10.1. The van der Waals surface area contributed by atoms with E-state index in [-0.39, 0.29) is 17.1 Å². The maximum absolute atomic E-state index is 13.3. The third kappa shape index (κ3) is 9.51. The van der Waals surface area contributed by atoms with Crippen LogP contribution in [-0.2, 0) is 18.9 Å². The first-order valence-electron chi connectivity index (χ1n) is 11.1. The number of aliphatic imine (C=N–C) groups is 1. The van der Waals surface area contributed by atoms with E-state index in [2.05, 4.69) is 15.6 Å². The van der Waals surface area contributed by atoms with Gasteiger partial charge in [-0.1, -0.05) is 37.3 Å².